The summed E-state index contributed by atoms with van der Waals surface area (Å²) in [6.45, 7) is 6.51. The number of aryl methyl sites for hydroxylation is 1. The van der Waals surface area contributed by atoms with E-state index in [1.165, 1.54) is 11.1 Å². The van der Waals surface area contributed by atoms with Crippen LogP contribution in [0.5, 0.6) is 0 Å². The molecule has 0 unspecified atom stereocenters. The molecule has 2 rings (SSSR count). The Kier molecular flexibility index (Phi) is 6.40. The van der Waals surface area contributed by atoms with Gasteiger partial charge in [-0.25, -0.2) is 0 Å². The highest BCUT2D eigenvalue weighted by Gasteiger charge is 2.16. The van der Waals surface area contributed by atoms with Crippen LogP contribution in [0.25, 0.3) is 0 Å². The molecule has 0 fully saturated rings. The van der Waals surface area contributed by atoms with Crippen molar-refractivity contribution in [2.75, 3.05) is 0 Å². The van der Waals surface area contributed by atoms with E-state index in [0.29, 0.717) is 12.3 Å². The number of carbonyl (C=O) groups is 1. The number of hydrogen-bond donors (Lipinski definition) is 1. The first-order valence-corrected chi connectivity index (χ1v) is 8.50. The van der Waals surface area contributed by atoms with Crippen LogP contribution in [0.3, 0.4) is 0 Å². The van der Waals surface area contributed by atoms with Gasteiger partial charge in [-0.1, -0.05) is 75.4 Å². The predicted molar refractivity (Wildman–Crippen MR) is 96.3 cm³/mol. The minimum atomic E-state index is 0.0821. The minimum Gasteiger partial charge on any atom is -0.349 e. The molecule has 0 heterocycles. The third-order valence-electron chi connectivity index (χ3n) is 4.04. The van der Waals surface area contributed by atoms with Gasteiger partial charge >= 0.3 is 0 Å². The van der Waals surface area contributed by atoms with Crippen LogP contribution < -0.4 is 5.32 Å². The summed E-state index contributed by atoms with van der Waals surface area (Å²) in [5, 5.41) is 3.20. The van der Waals surface area contributed by atoms with Gasteiger partial charge in [0.1, 0.15) is 0 Å². The summed E-state index contributed by atoms with van der Waals surface area (Å²) in [7, 11) is 0. The molecule has 0 aliphatic heterocycles. The lowest BCUT2D eigenvalue weighted by atomic mass is 9.96. The Morgan fingerprint density at radius 2 is 1.57 bits per heavy atom. The molecule has 0 aliphatic rings. The Morgan fingerprint density at radius 3 is 2.13 bits per heavy atom. The Morgan fingerprint density at radius 1 is 0.957 bits per heavy atom. The fourth-order valence-corrected chi connectivity index (χ4v) is 2.76. The van der Waals surface area contributed by atoms with Crippen molar-refractivity contribution in [1.29, 1.82) is 0 Å². The Labute approximate surface area is 139 Å². The Balaban J connectivity index is 2.02. The van der Waals surface area contributed by atoms with Crippen LogP contribution in [-0.4, -0.2) is 5.91 Å². The largest absolute Gasteiger partial charge is 0.349 e. The van der Waals surface area contributed by atoms with E-state index in [2.05, 4.69) is 62.5 Å². The number of hydrogen-bond acceptors (Lipinski definition) is 1. The number of rotatable bonds is 7. The first-order valence-electron chi connectivity index (χ1n) is 8.50. The maximum Gasteiger partial charge on any atom is 0.224 e. The van der Waals surface area contributed by atoms with Crippen molar-refractivity contribution in [3.63, 3.8) is 0 Å². The number of amides is 1. The maximum atomic E-state index is 12.4. The van der Waals surface area contributed by atoms with Gasteiger partial charge in [0.2, 0.25) is 5.91 Å². The zero-order valence-corrected chi connectivity index (χ0v) is 14.4. The fraction of sp³-hybridized carbons (Fsp3) is 0.381. The van der Waals surface area contributed by atoms with Crippen LogP contribution >= 0.6 is 0 Å². The minimum absolute atomic E-state index is 0.0821. The van der Waals surface area contributed by atoms with Gasteiger partial charge in [0.05, 0.1) is 12.5 Å². The molecule has 2 heteroatoms. The first-order chi connectivity index (χ1) is 11.1. The van der Waals surface area contributed by atoms with Gasteiger partial charge < -0.3 is 5.32 Å². The lowest BCUT2D eigenvalue weighted by molar-refractivity contribution is -0.121. The molecule has 2 nitrogen and oxygen atoms in total. The molecule has 0 bridgehead atoms. The highest BCUT2D eigenvalue weighted by Crippen LogP contribution is 2.21. The second-order valence-corrected chi connectivity index (χ2v) is 6.51. The molecule has 1 atom stereocenters. The van der Waals surface area contributed by atoms with Gasteiger partial charge in [-0.05, 0) is 35.4 Å². The van der Waals surface area contributed by atoms with Crippen molar-refractivity contribution in [2.24, 2.45) is 5.92 Å². The third kappa shape index (κ3) is 5.55. The van der Waals surface area contributed by atoms with Crippen LogP contribution in [-0.2, 0) is 17.6 Å². The van der Waals surface area contributed by atoms with E-state index >= 15 is 0 Å². The van der Waals surface area contributed by atoms with E-state index in [9.17, 15) is 4.79 Å². The quantitative estimate of drug-likeness (QED) is 0.789. The van der Waals surface area contributed by atoms with Crippen LogP contribution in [0.15, 0.2) is 54.6 Å². The molecule has 2 aromatic rings. The van der Waals surface area contributed by atoms with E-state index in [0.717, 1.165) is 18.4 Å². The molecule has 0 spiro atoms. The standard InChI is InChI=1S/C21H27NO/c1-4-17-10-12-18(13-11-17)15-21(23)22-20(14-16(2)3)19-8-6-5-7-9-19/h5-13,16,20H,4,14-15H2,1-3H3,(H,22,23)/t20-/m1/s1. The van der Waals surface area contributed by atoms with Crippen LogP contribution in [0.1, 0.15) is 49.9 Å². The number of nitrogens with one attached hydrogen (secondary N) is 1. The van der Waals surface area contributed by atoms with E-state index in [4.69, 9.17) is 0 Å². The topological polar surface area (TPSA) is 29.1 Å². The van der Waals surface area contributed by atoms with Crippen molar-refractivity contribution in [1.82, 2.24) is 5.32 Å². The Hall–Kier alpha value is -2.09. The highest BCUT2D eigenvalue weighted by molar-refractivity contribution is 5.79. The van der Waals surface area contributed by atoms with Gasteiger partial charge in [0, 0.05) is 0 Å². The molecule has 0 aromatic heterocycles. The molecule has 1 N–H and O–H groups in total. The van der Waals surface area contributed by atoms with Crippen LogP contribution in [0, 0.1) is 5.92 Å². The average Bonchev–Trinajstić information content (AvgIpc) is 2.55. The van der Waals surface area contributed by atoms with E-state index in [1.54, 1.807) is 0 Å². The normalized spacial score (nSPS) is 12.2. The summed E-state index contributed by atoms with van der Waals surface area (Å²) in [6, 6.07) is 18.6. The van der Waals surface area contributed by atoms with Gasteiger partial charge in [-0.15, -0.1) is 0 Å². The fourth-order valence-electron chi connectivity index (χ4n) is 2.76. The van der Waals surface area contributed by atoms with E-state index < -0.39 is 0 Å². The molecular formula is C21H27NO. The van der Waals surface area contributed by atoms with Crippen molar-refractivity contribution >= 4 is 5.91 Å². The van der Waals surface area contributed by atoms with E-state index in [-0.39, 0.29) is 11.9 Å². The summed E-state index contributed by atoms with van der Waals surface area (Å²) < 4.78 is 0. The second-order valence-electron chi connectivity index (χ2n) is 6.51. The number of benzene rings is 2. The van der Waals surface area contributed by atoms with Crippen molar-refractivity contribution in [3.05, 3.63) is 71.3 Å². The highest BCUT2D eigenvalue weighted by atomic mass is 16.1. The molecule has 0 saturated carbocycles. The lowest BCUT2D eigenvalue weighted by Crippen LogP contribution is -2.30. The molecule has 0 saturated heterocycles. The summed E-state index contributed by atoms with van der Waals surface area (Å²) in [5.74, 6) is 0.619. The molecule has 0 aliphatic carbocycles. The SMILES string of the molecule is CCc1ccc(CC(=O)N[C@H](CC(C)C)c2ccccc2)cc1. The van der Waals surface area contributed by atoms with E-state index in [1.807, 2.05) is 18.2 Å². The summed E-state index contributed by atoms with van der Waals surface area (Å²) >= 11 is 0. The Bertz CT molecular complexity index is 601. The van der Waals surface area contributed by atoms with Gasteiger partial charge in [-0.3, -0.25) is 4.79 Å². The average molecular weight is 309 g/mol. The maximum absolute atomic E-state index is 12.4. The monoisotopic (exact) mass is 309 g/mol. The summed E-state index contributed by atoms with van der Waals surface area (Å²) in [4.78, 5) is 12.4. The zero-order chi connectivity index (χ0) is 16.7. The van der Waals surface area contributed by atoms with Gasteiger partial charge in [0.15, 0.2) is 0 Å². The lowest BCUT2D eigenvalue weighted by Gasteiger charge is -2.21. The van der Waals surface area contributed by atoms with Gasteiger partial charge in [0.25, 0.3) is 0 Å². The van der Waals surface area contributed by atoms with Crippen molar-refractivity contribution in [2.45, 2.75) is 46.1 Å². The van der Waals surface area contributed by atoms with Crippen molar-refractivity contribution < 1.29 is 4.79 Å². The zero-order valence-electron chi connectivity index (χ0n) is 14.4. The van der Waals surface area contributed by atoms with Crippen molar-refractivity contribution in [3.8, 4) is 0 Å². The number of carbonyl (C=O) groups excluding carboxylic acids is 1. The summed E-state index contributed by atoms with van der Waals surface area (Å²) in [6.07, 6.45) is 2.41. The molecule has 23 heavy (non-hydrogen) atoms. The molecule has 122 valence electrons. The van der Waals surface area contributed by atoms with Crippen LogP contribution in [0.4, 0.5) is 0 Å². The third-order valence-corrected chi connectivity index (χ3v) is 4.04. The molecule has 0 radical (unpaired) electrons. The molecule has 1 amide bonds. The molecule has 2 aromatic carbocycles. The smallest absolute Gasteiger partial charge is 0.224 e. The van der Waals surface area contributed by atoms with Gasteiger partial charge in [-0.2, -0.15) is 0 Å². The summed E-state index contributed by atoms with van der Waals surface area (Å²) in [5.41, 5.74) is 3.54. The first kappa shape index (κ1) is 17.3. The van der Waals surface area contributed by atoms with Crippen LogP contribution in [0.2, 0.25) is 0 Å². The molecular weight excluding hydrogens is 282 g/mol. The predicted octanol–water partition coefficient (Wildman–Crippen LogP) is 4.70. The second kappa shape index (κ2) is 8.52.